The summed E-state index contributed by atoms with van der Waals surface area (Å²) >= 11 is 0. The van der Waals surface area contributed by atoms with E-state index in [2.05, 4.69) is 6.92 Å². The quantitative estimate of drug-likeness (QED) is 0.196. The molecule has 0 bridgehead atoms. The van der Waals surface area contributed by atoms with Gasteiger partial charge in [0.1, 0.15) is 11.6 Å². The van der Waals surface area contributed by atoms with E-state index >= 15 is 8.78 Å². The van der Waals surface area contributed by atoms with Crippen LogP contribution in [0.1, 0.15) is 75.3 Å². The molecule has 0 nitrogen and oxygen atoms in total. The van der Waals surface area contributed by atoms with E-state index in [9.17, 15) is 8.78 Å². The number of hydrogen-bond acceptors (Lipinski definition) is 0. The molecule has 0 unspecified atom stereocenters. The Bertz CT molecular complexity index is 1240. The van der Waals surface area contributed by atoms with Crippen LogP contribution in [0.3, 0.4) is 0 Å². The zero-order valence-electron chi connectivity index (χ0n) is 19.8. The van der Waals surface area contributed by atoms with Crippen LogP contribution in [0.4, 0.5) is 17.6 Å². The van der Waals surface area contributed by atoms with Crippen LogP contribution in [-0.2, 0) is 0 Å². The van der Waals surface area contributed by atoms with Crippen molar-refractivity contribution in [3.05, 3.63) is 70.8 Å². The normalized spacial score (nSPS) is 18.9. The van der Waals surface area contributed by atoms with E-state index in [-0.39, 0.29) is 34.0 Å². The van der Waals surface area contributed by atoms with E-state index in [0.29, 0.717) is 22.3 Å². The number of aryl methyl sites for hydroxylation is 1. The summed E-state index contributed by atoms with van der Waals surface area (Å²) in [6.07, 6.45) is 9.31. The minimum absolute atomic E-state index is 0.0229. The lowest BCUT2D eigenvalue weighted by Gasteiger charge is -2.29. The minimum atomic E-state index is -1.02. The summed E-state index contributed by atoms with van der Waals surface area (Å²) in [6, 6.07) is 9.77. The van der Waals surface area contributed by atoms with Crippen LogP contribution in [0.15, 0.2) is 36.4 Å². The molecular weight excluding hydrogens is 436 g/mol. The van der Waals surface area contributed by atoms with Crippen LogP contribution >= 0.6 is 0 Å². The zero-order valence-corrected chi connectivity index (χ0v) is 19.8. The molecule has 0 atom stereocenters. The van der Waals surface area contributed by atoms with Gasteiger partial charge in [-0.2, -0.15) is 0 Å². The van der Waals surface area contributed by atoms with Crippen molar-refractivity contribution >= 4 is 0 Å². The largest absolute Gasteiger partial charge is 0.207 e. The van der Waals surface area contributed by atoms with Crippen molar-refractivity contribution in [3.63, 3.8) is 0 Å². The van der Waals surface area contributed by atoms with Crippen LogP contribution in [-0.4, -0.2) is 0 Å². The molecule has 0 aliphatic heterocycles. The summed E-state index contributed by atoms with van der Waals surface area (Å²) < 4.78 is 59.2. The highest BCUT2D eigenvalue weighted by atomic mass is 19.2. The Morgan fingerprint density at radius 1 is 0.735 bits per heavy atom. The summed E-state index contributed by atoms with van der Waals surface area (Å²) in [6.45, 7) is 3.71. The monoisotopic (exact) mass is 466 g/mol. The predicted octanol–water partition coefficient (Wildman–Crippen LogP) is 9.72. The summed E-state index contributed by atoms with van der Waals surface area (Å²) in [5.74, 6) is -1.98. The maximum atomic E-state index is 15.4. The molecule has 0 N–H and O–H groups in total. The Kier molecular flexibility index (Phi) is 6.26. The fraction of sp³-hybridized carbons (Fsp3) is 0.400. The smallest absolute Gasteiger partial charge is 0.167 e. The van der Waals surface area contributed by atoms with Gasteiger partial charge in [0.05, 0.1) is 0 Å². The van der Waals surface area contributed by atoms with Crippen molar-refractivity contribution in [1.29, 1.82) is 0 Å². The molecule has 0 aromatic heterocycles. The topological polar surface area (TPSA) is 0 Å². The Morgan fingerprint density at radius 2 is 1.44 bits per heavy atom. The molecule has 0 heterocycles. The summed E-state index contributed by atoms with van der Waals surface area (Å²) in [4.78, 5) is 0. The number of benzene rings is 3. The van der Waals surface area contributed by atoms with Gasteiger partial charge in [-0.25, -0.2) is 17.6 Å². The van der Waals surface area contributed by atoms with E-state index in [1.54, 1.807) is 30.3 Å². The molecule has 2 aliphatic carbocycles. The Balaban J connectivity index is 1.37. The first kappa shape index (κ1) is 23.1. The van der Waals surface area contributed by atoms with E-state index in [1.807, 2.05) is 0 Å². The first-order valence-corrected chi connectivity index (χ1v) is 12.5. The first-order chi connectivity index (χ1) is 16.4. The highest BCUT2D eigenvalue weighted by molar-refractivity contribution is 6.04. The molecule has 2 aliphatic rings. The van der Waals surface area contributed by atoms with Gasteiger partial charge in [0, 0.05) is 16.7 Å². The molecule has 0 spiro atoms. The fourth-order valence-electron chi connectivity index (χ4n) is 5.89. The maximum Gasteiger partial charge on any atom is 0.167 e. The third kappa shape index (κ3) is 3.85. The third-order valence-electron chi connectivity index (χ3n) is 7.88. The lowest BCUT2D eigenvalue weighted by atomic mass is 9.76. The van der Waals surface area contributed by atoms with E-state index in [1.165, 1.54) is 38.7 Å². The number of rotatable bonds is 6. The van der Waals surface area contributed by atoms with Crippen molar-refractivity contribution in [2.45, 2.75) is 71.1 Å². The van der Waals surface area contributed by atoms with Crippen molar-refractivity contribution in [2.75, 3.05) is 0 Å². The second-order valence-electron chi connectivity index (χ2n) is 10.0. The standard InChI is InChI=1S/C30H30F4/c1-3-4-5-6-18-7-9-19(10-8-18)21-12-11-20(16-25(21)31)22-13-14-23-24-15-17(2)28(32)30(34)27(24)26(23)29(22)33/h11-16,18-19H,3-10H2,1-2H3. The Hall–Kier alpha value is -2.62. The number of hydrogen-bond donors (Lipinski definition) is 0. The van der Waals surface area contributed by atoms with Gasteiger partial charge in [-0.05, 0) is 84.4 Å². The minimum Gasteiger partial charge on any atom is -0.207 e. The third-order valence-corrected chi connectivity index (χ3v) is 7.88. The summed E-state index contributed by atoms with van der Waals surface area (Å²) in [5, 5.41) is 0. The second kappa shape index (κ2) is 9.20. The van der Waals surface area contributed by atoms with Gasteiger partial charge in [-0.1, -0.05) is 56.9 Å². The zero-order chi connectivity index (χ0) is 24.0. The number of unbranched alkanes of at least 4 members (excludes halogenated alkanes) is 2. The van der Waals surface area contributed by atoms with Crippen molar-refractivity contribution in [3.8, 4) is 33.4 Å². The molecule has 178 valence electrons. The molecule has 1 fully saturated rings. The van der Waals surface area contributed by atoms with Crippen molar-refractivity contribution in [1.82, 2.24) is 0 Å². The van der Waals surface area contributed by atoms with Gasteiger partial charge in [0.2, 0.25) is 0 Å². The second-order valence-corrected chi connectivity index (χ2v) is 10.0. The first-order valence-electron chi connectivity index (χ1n) is 12.5. The predicted molar refractivity (Wildman–Crippen MR) is 130 cm³/mol. The molecule has 0 radical (unpaired) electrons. The van der Waals surface area contributed by atoms with Crippen molar-refractivity contribution < 1.29 is 17.6 Å². The van der Waals surface area contributed by atoms with Gasteiger partial charge in [-0.3, -0.25) is 0 Å². The summed E-state index contributed by atoms with van der Waals surface area (Å²) in [5.41, 5.74) is 2.65. The number of halogens is 4. The molecular formula is C30H30F4. The summed E-state index contributed by atoms with van der Waals surface area (Å²) in [7, 11) is 0. The lowest BCUT2D eigenvalue weighted by molar-refractivity contribution is 0.299. The average Bonchev–Trinajstić information content (AvgIpc) is 2.82. The highest BCUT2D eigenvalue weighted by Crippen LogP contribution is 2.52. The molecule has 3 aromatic rings. The molecule has 0 saturated heterocycles. The molecule has 34 heavy (non-hydrogen) atoms. The van der Waals surface area contributed by atoms with E-state index < -0.39 is 17.5 Å². The molecule has 0 amide bonds. The average molecular weight is 467 g/mol. The van der Waals surface area contributed by atoms with Crippen LogP contribution in [0, 0.1) is 36.1 Å². The molecule has 1 saturated carbocycles. The fourth-order valence-corrected chi connectivity index (χ4v) is 5.89. The van der Waals surface area contributed by atoms with Gasteiger partial charge in [-0.15, -0.1) is 0 Å². The Labute approximate surface area is 199 Å². The van der Waals surface area contributed by atoms with Gasteiger partial charge < -0.3 is 0 Å². The molecule has 5 rings (SSSR count). The van der Waals surface area contributed by atoms with Gasteiger partial charge in [0.25, 0.3) is 0 Å². The van der Waals surface area contributed by atoms with Gasteiger partial charge in [0.15, 0.2) is 11.6 Å². The maximum absolute atomic E-state index is 15.4. The SMILES string of the molecule is CCCCCC1CCC(c2ccc(-c3ccc4c(c3F)-c3c-4cc(C)c(F)c3F)cc2F)CC1. The molecule has 4 heteroatoms. The van der Waals surface area contributed by atoms with Crippen molar-refractivity contribution in [2.24, 2.45) is 5.92 Å². The van der Waals surface area contributed by atoms with Crippen LogP contribution in [0.25, 0.3) is 33.4 Å². The molecule has 3 aromatic carbocycles. The van der Waals surface area contributed by atoms with Crippen LogP contribution in [0.5, 0.6) is 0 Å². The number of fused-ring (bicyclic) bond motifs is 4. The van der Waals surface area contributed by atoms with Gasteiger partial charge >= 0.3 is 0 Å². The van der Waals surface area contributed by atoms with E-state index in [0.717, 1.165) is 31.6 Å². The van der Waals surface area contributed by atoms with E-state index in [4.69, 9.17) is 0 Å². The van der Waals surface area contributed by atoms with Crippen LogP contribution < -0.4 is 0 Å². The highest BCUT2D eigenvalue weighted by Gasteiger charge is 2.33. The van der Waals surface area contributed by atoms with Crippen LogP contribution in [0.2, 0.25) is 0 Å². The Morgan fingerprint density at radius 3 is 2.15 bits per heavy atom. The lowest BCUT2D eigenvalue weighted by Crippen LogP contribution is -2.14.